The highest BCUT2D eigenvalue weighted by atomic mass is 16.2. The fourth-order valence-electron chi connectivity index (χ4n) is 4.13. The summed E-state index contributed by atoms with van der Waals surface area (Å²) in [5.74, 6) is 1.59. The minimum atomic E-state index is -0.233. The van der Waals surface area contributed by atoms with E-state index in [1.165, 1.54) is 19.3 Å². The fraction of sp³-hybridized carbons (Fsp3) is 0.867. The van der Waals surface area contributed by atoms with Crippen LogP contribution in [0.3, 0.4) is 0 Å². The summed E-state index contributed by atoms with van der Waals surface area (Å²) >= 11 is 0. The average molecular weight is 279 g/mol. The molecule has 0 bridgehead atoms. The second-order valence-corrected chi connectivity index (χ2v) is 6.55. The Morgan fingerprint density at radius 3 is 2.80 bits per heavy atom. The van der Waals surface area contributed by atoms with E-state index in [4.69, 9.17) is 0 Å². The number of piperidine rings is 1. The molecule has 5 nitrogen and oxygen atoms in total. The van der Waals surface area contributed by atoms with Crippen molar-refractivity contribution in [2.75, 3.05) is 19.6 Å². The Bertz CT molecular complexity index is 389. The third kappa shape index (κ3) is 2.55. The first-order valence-corrected chi connectivity index (χ1v) is 7.97. The van der Waals surface area contributed by atoms with Gasteiger partial charge in [-0.25, -0.2) is 0 Å². The van der Waals surface area contributed by atoms with Gasteiger partial charge < -0.3 is 10.2 Å². The molecule has 2 aliphatic heterocycles. The van der Waals surface area contributed by atoms with Crippen molar-refractivity contribution in [1.29, 1.82) is 0 Å². The van der Waals surface area contributed by atoms with Crippen molar-refractivity contribution in [2.24, 2.45) is 11.8 Å². The van der Waals surface area contributed by atoms with E-state index in [-0.39, 0.29) is 24.4 Å². The normalized spacial score (nSPS) is 38.0. The van der Waals surface area contributed by atoms with Crippen LogP contribution in [-0.2, 0) is 9.59 Å². The number of amides is 2. The predicted molar refractivity (Wildman–Crippen MR) is 76.0 cm³/mol. The molecule has 0 aromatic heterocycles. The van der Waals surface area contributed by atoms with Crippen molar-refractivity contribution < 1.29 is 9.59 Å². The van der Waals surface area contributed by atoms with Crippen LogP contribution in [-0.4, -0.2) is 48.4 Å². The number of likely N-dealkylation sites (tertiary alicyclic amines) is 1. The van der Waals surface area contributed by atoms with Crippen LogP contribution in [0.4, 0.5) is 0 Å². The lowest BCUT2D eigenvalue weighted by Crippen LogP contribution is -2.62. The molecule has 0 spiro atoms. The molecule has 4 atom stereocenters. The van der Waals surface area contributed by atoms with Gasteiger partial charge in [0.25, 0.3) is 0 Å². The summed E-state index contributed by atoms with van der Waals surface area (Å²) in [4.78, 5) is 26.0. The Morgan fingerprint density at radius 1 is 1.25 bits per heavy atom. The summed E-state index contributed by atoms with van der Waals surface area (Å²) in [7, 11) is 0. The SMILES string of the molecule is CC1CCN(C(=O)C2CNC(=O)CN2)C2CCCCC12. The van der Waals surface area contributed by atoms with Gasteiger partial charge in [-0.15, -0.1) is 0 Å². The van der Waals surface area contributed by atoms with Gasteiger partial charge in [0.1, 0.15) is 6.04 Å². The van der Waals surface area contributed by atoms with E-state index in [9.17, 15) is 9.59 Å². The molecule has 3 rings (SSSR count). The molecule has 0 radical (unpaired) electrons. The first-order valence-electron chi connectivity index (χ1n) is 7.97. The molecule has 1 aliphatic carbocycles. The Kier molecular flexibility index (Phi) is 3.96. The van der Waals surface area contributed by atoms with Gasteiger partial charge >= 0.3 is 0 Å². The van der Waals surface area contributed by atoms with Crippen LogP contribution in [0.2, 0.25) is 0 Å². The Hall–Kier alpha value is -1.10. The number of carbonyl (C=O) groups excluding carboxylic acids is 2. The van der Waals surface area contributed by atoms with Gasteiger partial charge in [0, 0.05) is 19.1 Å². The maximum Gasteiger partial charge on any atom is 0.241 e. The summed E-state index contributed by atoms with van der Waals surface area (Å²) in [6, 6.07) is 0.197. The van der Waals surface area contributed by atoms with Gasteiger partial charge in [0.05, 0.1) is 6.54 Å². The first-order chi connectivity index (χ1) is 9.66. The lowest BCUT2D eigenvalue weighted by molar-refractivity contribution is -0.142. The highest BCUT2D eigenvalue weighted by Crippen LogP contribution is 2.38. The van der Waals surface area contributed by atoms with E-state index < -0.39 is 0 Å². The highest BCUT2D eigenvalue weighted by Gasteiger charge is 2.41. The molecule has 4 unspecified atom stereocenters. The minimum Gasteiger partial charge on any atom is -0.353 e. The first kappa shape index (κ1) is 13.9. The fourth-order valence-corrected chi connectivity index (χ4v) is 4.13. The molecule has 112 valence electrons. The number of hydrogen-bond donors (Lipinski definition) is 2. The van der Waals surface area contributed by atoms with Crippen LogP contribution in [0.25, 0.3) is 0 Å². The van der Waals surface area contributed by atoms with Crippen molar-refractivity contribution in [2.45, 2.75) is 51.1 Å². The second-order valence-electron chi connectivity index (χ2n) is 6.55. The van der Waals surface area contributed by atoms with Gasteiger partial charge in [-0.1, -0.05) is 19.8 Å². The van der Waals surface area contributed by atoms with Gasteiger partial charge in [-0.3, -0.25) is 14.9 Å². The minimum absolute atomic E-state index is 0.0168. The molecule has 5 heteroatoms. The summed E-state index contributed by atoms with van der Waals surface area (Å²) in [5.41, 5.74) is 0. The van der Waals surface area contributed by atoms with E-state index >= 15 is 0 Å². The van der Waals surface area contributed by atoms with Gasteiger partial charge in [0.15, 0.2) is 0 Å². The summed E-state index contributed by atoms with van der Waals surface area (Å²) in [6.07, 6.45) is 6.09. The zero-order valence-electron chi connectivity index (χ0n) is 12.2. The molecule has 0 aromatic carbocycles. The number of hydrogen-bond acceptors (Lipinski definition) is 3. The summed E-state index contributed by atoms with van der Waals surface area (Å²) < 4.78 is 0. The van der Waals surface area contributed by atoms with Crippen LogP contribution in [0.5, 0.6) is 0 Å². The number of nitrogens with one attached hydrogen (secondary N) is 2. The Morgan fingerprint density at radius 2 is 2.05 bits per heavy atom. The zero-order valence-corrected chi connectivity index (χ0v) is 12.2. The number of piperazine rings is 1. The van der Waals surface area contributed by atoms with Crippen molar-refractivity contribution in [1.82, 2.24) is 15.5 Å². The number of rotatable bonds is 1. The van der Waals surface area contributed by atoms with E-state index in [2.05, 4.69) is 22.5 Å². The largest absolute Gasteiger partial charge is 0.353 e. The quantitative estimate of drug-likeness (QED) is 0.735. The van der Waals surface area contributed by atoms with Gasteiger partial charge in [0.2, 0.25) is 11.8 Å². The standard InChI is InChI=1S/C15H25N3O2/c1-10-6-7-18(13-5-3-2-4-11(10)13)15(20)12-8-17-14(19)9-16-12/h10-13,16H,2-9H2,1H3,(H,17,19). The molecule has 2 N–H and O–H groups in total. The molecule has 3 aliphatic rings. The van der Waals surface area contributed by atoms with Crippen LogP contribution < -0.4 is 10.6 Å². The summed E-state index contributed by atoms with van der Waals surface area (Å²) in [5, 5.41) is 5.85. The monoisotopic (exact) mass is 279 g/mol. The lowest BCUT2D eigenvalue weighted by Gasteiger charge is -2.48. The van der Waals surface area contributed by atoms with Gasteiger partial charge in [-0.2, -0.15) is 0 Å². The van der Waals surface area contributed by atoms with Crippen LogP contribution >= 0.6 is 0 Å². The van der Waals surface area contributed by atoms with Crippen molar-refractivity contribution in [3.05, 3.63) is 0 Å². The van der Waals surface area contributed by atoms with Crippen LogP contribution in [0.1, 0.15) is 39.0 Å². The van der Waals surface area contributed by atoms with E-state index in [0.29, 0.717) is 18.5 Å². The Balaban J connectivity index is 1.68. The molecule has 0 aromatic rings. The maximum atomic E-state index is 12.7. The van der Waals surface area contributed by atoms with Gasteiger partial charge in [-0.05, 0) is 31.1 Å². The maximum absolute atomic E-state index is 12.7. The molecule has 1 saturated carbocycles. The molecule has 2 heterocycles. The molecule has 2 amide bonds. The molecular formula is C15H25N3O2. The summed E-state index contributed by atoms with van der Waals surface area (Å²) in [6.45, 7) is 3.91. The molecule has 20 heavy (non-hydrogen) atoms. The third-order valence-corrected chi connectivity index (χ3v) is 5.33. The van der Waals surface area contributed by atoms with Crippen LogP contribution in [0, 0.1) is 11.8 Å². The Labute approximate surface area is 120 Å². The second kappa shape index (κ2) is 5.72. The van der Waals surface area contributed by atoms with Crippen molar-refractivity contribution in [3.63, 3.8) is 0 Å². The number of carbonyl (C=O) groups is 2. The topological polar surface area (TPSA) is 61.4 Å². The van der Waals surface area contributed by atoms with E-state index in [0.717, 1.165) is 25.3 Å². The molecule has 3 fully saturated rings. The average Bonchev–Trinajstić information content (AvgIpc) is 2.48. The highest BCUT2D eigenvalue weighted by molar-refractivity contribution is 5.87. The smallest absolute Gasteiger partial charge is 0.241 e. The van der Waals surface area contributed by atoms with Crippen molar-refractivity contribution >= 4 is 11.8 Å². The van der Waals surface area contributed by atoms with E-state index in [1.807, 2.05) is 0 Å². The number of nitrogens with zero attached hydrogens (tertiary/aromatic N) is 1. The molecular weight excluding hydrogens is 254 g/mol. The lowest BCUT2D eigenvalue weighted by atomic mass is 9.72. The number of fused-ring (bicyclic) bond motifs is 1. The van der Waals surface area contributed by atoms with E-state index in [1.54, 1.807) is 0 Å². The van der Waals surface area contributed by atoms with Crippen LogP contribution in [0.15, 0.2) is 0 Å². The third-order valence-electron chi connectivity index (χ3n) is 5.33. The zero-order chi connectivity index (χ0) is 14.1. The molecule has 2 saturated heterocycles. The predicted octanol–water partition coefficient (Wildman–Crippen LogP) is 0.502. The van der Waals surface area contributed by atoms with Crippen molar-refractivity contribution in [3.8, 4) is 0 Å².